The van der Waals surface area contributed by atoms with Gasteiger partial charge in [0.1, 0.15) is 5.70 Å². The largest absolute Gasteiger partial charge is 0.493 e. The molecule has 41 heavy (non-hydrogen) atoms. The third kappa shape index (κ3) is 7.86. The maximum absolute atomic E-state index is 13.4. The van der Waals surface area contributed by atoms with Crippen molar-refractivity contribution in [3.63, 3.8) is 0 Å². The maximum atomic E-state index is 13.4. The number of thioether (sulfide) groups is 1. The minimum absolute atomic E-state index is 0.0209. The minimum atomic E-state index is -0.519. The zero-order valence-electron chi connectivity index (χ0n) is 23.0. The molecule has 208 valence electrons. The molecule has 0 bridgehead atoms. The van der Waals surface area contributed by atoms with Gasteiger partial charge in [0, 0.05) is 27.3 Å². The van der Waals surface area contributed by atoms with Crippen molar-refractivity contribution in [2.75, 3.05) is 25.3 Å². The summed E-state index contributed by atoms with van der Waals surface area (Å²) >= 11 is 1.42. The van der Waals surface area contributed by atoms with Gasteiger partial charge in [-0.3, -0.25) is 14.4 Å². The molecule has 2 amide bonds. The van der Waals surface area contributed by atoms with Crippen LogP contribution in [0.5, 0.6) is 11.5 Å². The van der Waals surface area contributed by atoms with Gasteiger partial charge in [-0.2, -0.15) is 0 Å². The monoisotopic (exact) mass is 566 g/mol. The fourth-order valence-electron chi connectivity index (χ4n) is 3.93. The molecule has 0 heterocycles. The molecule has 0 unspecified atom stereocenters. The number of hydrogen-bond donors (Lipinski definition) is 2. The minimum Gasteiger partial charge on any atom is -0.493 e. The molecule has 0 saturated carbocycles. The Morgan fingerprint density at radius 3 is 2.15 bits per heavy atom. The first-order chi connectivity index (χ1) is 19.9. The lowest BCUT2D eigenvalue weighted by atomic mass is 10.1. The van der Waals surface area contributed by atoms with Gasteiger partial charge in [-0.25, -0.2) is 0 Å². The van der Waals surface area contributed by atoms with Crippen molar-refractivity contribution >= 4 is 41.1 Å². The van der Waals surface area contributed by atoms with Crippen LogP contribution in [0.25, 0.3) is 6.08 Å². The van der Waals surface area contributed by atoms with Gasteiger partial charge >= 0.3 is 0 Å². The SMILES string of the molecule is COc1cccc(/C=C(\NC(=O)c2ccccc2)C(=O)Nc2ccc(SCC(=O)c3ccc(C)cc3)cc2)c1OC. The van der Waals surface area contributed by atoms with Crippen LogP contribution in [0.4, 0.5) is 5.69 Å². The zero-order chi connectivity index (χ0) is 29.2. The third-order valence-corrected chi connectivity index (χ3v) is 7.13. The molecule has 4 rings (SSSR count). The van der Waals surface area contributed by atoms with Crippen LogP contribution in [-0.4, -0.2) is 37.6 Å². The molecule has 0 fully saturated rings. The average molecular weight is 567 g/mol. The Kier molecular flexibility index (Phi) is 9.96. The van der Waals surface area contributed by atoms with Crippen molar-refractivity contribution in [3.05, 3.63) is 125 Å². The molecule has 8 heteroatoms. The third-order valence-electron chi connectivity index (χ3n) is 6.12. The number of benzene rings is 4. The second-order valence-corrected chi connectivity index (χ2v) is 10.1. The molecule has 0 aliphatic carbocycles. The van der Waals surface area contributed by atoms with Crippen LogP contribution in [0.1, 0.15) is 31.8 Å². The van der Waals surface area contributed by atoms with E-state index in [4.69, 9.17) is 9.47 Å². The van der Waals surface area contributed by atoms with Crippen LogP contribution in [0.3, 0.4) is 0 Å². The Labute approximate surface area is 243 Å². The van der Waals surface area contributed by atoms with Crippen molar-refractivity contribution in [2.24, 2.45) is 0 Å². The first-order valence-electron chi connectivity index (χ1n) is 12.8. The predicted molar refractivity (Wildman–Crippen MR) is 163 cm³/mol. The lowest BCUT2D eigenvalue weighted by Gasteiger charge is -2.14. The van der Waals surface area contributed by atoms with Crippen molar-refractivity contribution in [1.82, 2.24) is 5.32 Å². The molecule has 4 aromatic rings. The molecule has 0 spiro atoms. The number of ether oxygens (including phenoxy) is 2. The van der Waals surface area contributed by atoms with E-state index in [9.17, 15) is 14.4 Å². The van der Waals surface area contributed by atoms with Gasteiger partial charge < -0.3 is 20.1 Å². The van der Waals surface area contributed by atoms with E-state index in [1.165, 1.54) is 26.0 Å². The van der Waals surface area contributed by atoms with Crippen LogP contribution >= 0.6 is 11.8 Å². The van der Waals surface area contributed by atoms with Gasteiger partial charge in [-0.15, -0.1) is 11.8 Å². The lowest BCUT2D eigenvalue weighted by Crippen LogP contribution is -2.30. The maximum Gasteiger partial charge on any atom is 0.272 e. The van der Waals surface area contributed by atoms with E-state index in [0.29, 0.717) is 39.6 Å². The van der Waals surface area contributed by atoms with E-state index in [2.05, 4.69) is 10.6 Å². The van der Waals surface area contributed by atoms with E-state index >= 15 is 0 Å². The predicted octanol–water partition coefficient (Wildman–Crippen LogP) is 6.40. The number of anilines is 1. The number of rotatable bonds is 11. The number of ketones is 1. The first-order valence-corrected chi connectivity index (χ1v) is 13.8. The Balaban J connectivity index is 1.50. The van der Waals surface area contributed by atoms with E-state index in [1.54, 1.807) is 60.7 Å². The fraction of sp³-hybridized carbons (Fsp3) is 0.121. The summed E-state index contributed by atoms with van der Waals surface area (Å²) in [6.45, 7) is 1.98. The van der Waals surface area contributed by atoms with E-state index in [1.807, 2.05) is 49.4 Å². The molecule has 0 aliphatic rings. The van der Waals surface area contributed by atoms with Crippen molar-refractivity contribution in [3.8, 4) is 11.5 Å². The average Bonchev–Trinajstić information content (AvgIpc) is 3.00. The van der Waals surface area contributed by atoms with Crippen molar-refractivity contribution in [2.45, 2.75) is 11.8 Å². The molecular formula is C33H30N2O5S. The fourth-order valence-corrected chi connectivity index (χ4v) is 4.72. The van der Waals surface area contributed by atoms with Crippen molar-refractivity contribution < 1.29 is 23.9 Å². The second kappa shape index (κ2) is 14.0. The number of amides is 2. The van der Waals surface area contributed by atoms with E-state index < -0.39 is 11.8 Å². The van der Waals surface area contributed by atoms with Gasteiger partial charge in [-0.1, -0.05) is 60.2 Å². The lowest BCUT2D eigenvalue weighted by molar-refractivity contribution is -0.113. The van der Waals surface area contributed by atoms with Crippen LogP contribution < -0.4 is 20.1 Å². The normalized spacial score (nSPS) is 11.0. The number of para-hydroxylation sites is 1. The van der Waals surface area contributed by atoms with Crippen LogP contribution in [0.2, 0.25) is 0 Å². The van der Waals surface area contributed by atoms with E-state index in [-0.39, 0.29) is 11.5 Å². The quantitative estimate of drug-likeness (QED) is 0.124. The number of carbonyl (C=O) groups excluding carboxylic acids is 3. The highest BCUT2D eigenvalue weighted by atomic mass is 32.2. The molecule has 2 N–H and O–H groups in total. The summed E-state index contributed by atoms with van der Waals surface area (Å²) in [7, 11) is 3.03. The van der Waals surface area contributed by atoms with Crippen LogP contribution in [0.15, 0.2) is 108 Å². The molecule has 0 aromatic heterocycles. The van der Waals surface area contributed by atoms with Gasteiger partial charge in [0.05, 0.1) is 20.0 Å². The standard InChI is InChI=1S/C33H30N2O5S/c1-22-12-14-23(15-13-22)29(36)21-41-27-18-16-26(17-19-27)34-33(38)28(35-32(37)24-8-5-4-6-9-24)20-25-10-7-11-30(39-2)31(25)40-3/h4-20H,21H2,1-3H3,(H,34,38)(H,35,37)/b28-20-. The smallest absolute Gasteiger partial charge is 0.272 e. The van der Waals surface area contributed by atoms with Gasteiger partial charge in [0.15, 0.2) is 17.3 Å². The first kappa shape index (κ1) is 29.2. The van der Waals surface area contributed by atoms with Crippen molar-refractivity contribution in [1.29, 1.82) is 0 Å². The molecule has 0 saturated heterocycles. The molecular weight excluding hydrogens is 536 g/mol. The summed E-state index contributed by atoms with van der Waals surface area (Å²) in [5, 5.41) is 5.56. The second-order valence-electron chi connectivity index (χ2n) is 9.02. The topological polar surface area (TPSA) is 93.7 Å². The van der Waals surface area contributed by atoms with Gasteiger partial charge in [0.2, 0.25) is 0 Å². The highest BCUT2D eigenvalue weighted by Gasteiger charge is 2.17. The highest BCUT2D eigenvalue weighted by Crippen LogP contribution is 2.32. The van der Waals surface area contributed by atoms with Gasteiger partial charge in [0.25, 0.3) is 11.8 Å². The molecule has 0 radical (unpaired) electrons. The summed E-state index contributed by atoms with van der Waals surface area (Å²) < 4.78 is 10.9. The number of aryl methyl sites for hydroxylation is 1. The zero-order valence-corrected chi connectivity index (χ0v) is 23.8. The summed E-state index contributed by atoms with van der Waals surface area (Å²) in [4.78, 5) is 39.7. The summed E-state index contributed by atoms with van der Waals surface area (Å²) in [5.74, 6) is 0.313. The Hall–Kier alpha value is -4.82. The number of nitrogens with one attached hydrogen (secondary N) is 2. The van der Waals surface area contributed by atoms with Crippen LogP contribution in [-0.2, 0) is 4.79 Å². The number of carbonyl (C=O) groups is 3. The van der Waals surface area contributed by atoms with Gasteiger partial charge in [-0.05, 0) is 55.5 Å². The van der Waals surface area contributed by atoms with E-state index in [0.717, 1.165) is 10.5 Å². The number of methoxy groups -OCH3 is 2. The summed E-state index contributed by atoms with van der Waals surface area (Å²) in [6.07, 6.45) is 1.54. The molecule has 4 aromatic carbocycles. The molecule has 0 atom stereocenters. The van der Waals surface area contributed by atoms with Crippen LogP contribution in [0, 0.1) is 6.92 Å². The Bertz CT molecular complexity index is 1550. The summed E-state index contributed by atoms with van der Waals surface area (Å²) in [6, 6.07) is 28.6. The summed E-state index contributed by atoms with van der Waals surface area (Å²) in [5.41, 5.74) is 3.29. The molecule has 7 nitrogen and oxygen atoms in total. The number of Topliss-reactive ketones (excluding diaryl/α,β-unsaturated/α-hetero) is 1. The molecule has 0 aliphatic heterocycles. The Morgan fingerprint density at radius 1 is 0.780 bits per heavy atom. The Morgan fingerprint density at radius 2 is 1.49 bits per heavy atom. The number of hydrogen-bond acceptors (Lipinski definition) is 6. The highest BCUT2D eigenvalue weighted by molar-refractivity contribution is 8.00.